The Hall–Kier alpha value is -1.13. The van der Waals surface area contributed by atoms with Crippen LogP contribution in [0.25, 0.3) is 0 Å². The van der Waals surface area contributed by atoms with Gasteiger partial charge in [-0.3, -0.25) is 4.98 Å². The predicted molar refractivity (Wildman–Crippen MR) is 75.8 cm³/mol. The second-order valence-corrected chi connectivity index (χ2v) is 5.56. The maximum absolute atomic E-state index is 5.23. The van der Waals surface area contributed by atoms with Gasteiger partial charge in [0.15, 0.2) is 0 Å². The molecular weight excluding hydrogens is 226 g/mol. The smallest absolute Gasteiger partial charge is 0.0715 e. The molecule has 0 aromatic carbocycles. The third kappa shape index (κ3) is 5.47. The number of nitrogens with zero attached hydrogens (tertiary/aromatic N) is 1. The molecule has 1 rings (SSSR count). The number of ether oxygens (including phenoxy) is 1. The van der Waals surface area contributed by atoms with Gasteiger partial charge in [0.05, 0.1) is 18.0 Å². The highest BCUT2D eigenvalue weighted by Gasteiger charge is 2.10. The van der Waals surface area contributed by atoms with E-state index in [-0.39, 0.29) is 11.6 Å². The highest BCUT2D eigenvalue weighted by atomic mass is 16.5. The number of nitrogens with one attached hydrogen (secondary N) is 2. The Morgan fingerprint density at radius 2 is 2.11 bits per heavy atom. The molecule has 0 amide bonds. The van der Waals surface area contributed by atoms with Crippen molar-refractivity contribution in [3.05, 3.63) is 24.0 Å². The Kier molecular flexibility index (Phi) is 5.56. The normalized spacial score (nSPS) is 13.4. The molecule has 1 heterocycles. The summed E-state index contributed by atoms with van der Waals surface area (Å²) in [7, 11) is 1.72. The van der Waals surface area contributed by atoms with Gasteiger partial charge in [-0.1, -0.05) is 0 Å². The highest BCUT2D eigenvalue weighted by Crippen LogP contribution is 2.14. The Labute approximate surface area is 110 Å². The lowest BCUT2D eigenvalue weighted by atomic mass is 10.1. The molecule has 0 aliphatic heterocycles. The van der Waals surface area contributed by atoms with Crippen LogP contribution in [0.1, 0.15) is 33.3 Å². The number of methoxy groups -OCH3 is 1. The molecule has 0 saturated heterocycles. The highest BCUT2D eigenvalue weighted by molar-refractivity contribution is 5.48. The number of hydrogen-bond donors (Lipinski definition) is 2. The van der Waals surface area contributed by atoms with Crippen molar-refractivity contribution in [2.24, 2.45) is 0 Å². The monoisotopic (exact) mass is 251 g/mol. The number of pyridine rings is 1. The summed E-state index contributed by atoms with van der Waals surface area (Å²) in [5, 5.41) is 6.85. The quantitative estimate of drug-likeness (QED) is 0.815. The number of hydrogen-bond acceptors (Lipinski definition) is 4. The summed E-state index contributed by atoms with van der Waals surface area (Å²) in [5.74, 6) is 0. The molecule has 0 radical (unpaired) electrons. The van der Waals surface area contributed by atoms with Crippen LogP contribution in [-0.4, -0.2) is 30.3 Å². The molecule has 0 fully saturated rings. The fraction of sp³-hybridized carbons (Fsp3) is 0.643. The summed E-state index contributed by atoms with van der Waals surface area (Å²) in [4.78, 5) is 4.16. The van der Waals surface area contributed by atoms with Gasteiger partial charge in [0.2, 0.25) is 0 Å². The Morgan fingerprint density at radius 3 is 2.72 bits per heavy atom. The van der Waals surface area contributed by atoms with Gasteiger partial charge in [0.1, 0.15) is 0 Å². The molecule has 102 valence electrons. The van der Waals surface area contributed by atoms with Gasteiger partial charge in [-0.15, -0.1) is 0 Å². The summed E-state index contributed by atoms with van der Waals surface area (Å²) in [6.07, 6.45) is 3.88. The molecule has 1 aromatic heterocycles. The standard InChI is InChI=1S/C14H25N3O/c1-11(18-5)8-16-13-10-15-7-6-12(13)9-17-14(2,3)4/h6-7,10-11,16-17H,8-9H2,1-5H3. The van der Waals surface area contributed by atoms with E-state index in [4.69, 9.17) is 4.74 Å². The fourth-order valence-corrected chi connectivity index (χ4v) is 1.43. The van der Waals surface area contributed by atoms with E-state index in [9.17, 15) is 0 Å². The molecule has 0 aliphatic carbocycles. The van der Waals surface area contributed by atoms with Crippen LogP contribution in [0.15, 0.2) is 18.5 Å². The van der Waals surface area contributed by atoms with Crippen LogP contribution in [0.5, 0.6) is 0 Å². The third-order valence-electron chi connectivity index (χ3n) is 2.70. The first-order valence-corrected chi connectivity index (χ1v) is 6.37. The van der Waals surface area contributed by atoms with Crippen molar-refractivity contribution >= 4 is 5.69 Å². The first-order valence-electron chi connectivity index (χ1n) is 6.37. The lowest BCUT2D eigenvalue weighted by Gasteiger charge is -2.22. The van der Waals surface area contributed by atoms with E-state index < -0.39 is 0 Å². The summed E-state index contributed by atoms with van der Waals surface area (Å²) >= 11 is 0. The third-order valence-corrected chi connectivity index (χ3v) is 2.70. The molecule has 4 heteroatoms. The fourth-order valence-electron chi connectivity index (χ4n) is 1.43. The minimum Gasteiger partial charge on any atom is -0.381 e. The van der Waals surface area contributed by atoms with Gasteiger partial charge in [0, 0.05) is 31.9 Å². The van der Waals surface area contributed by atoms with E-state index in [1.807, 2.05) is 25.4 Å². The topological polar surface area (TPSA) is 46.2 Å². The van der Waals surface area contributed by atoms with Crippen LogP contribution in [0.4, 0.5) is 5.69 Å². The number of rotatable bonds is 6. The molecule has 0 saturated carbocycles. The van der Waals surface area contributed by atoms with Crippen LogP contribution >= 0.6 is 0 Å². The molecule has 0 bridgehead atoms. The largest absolute Gasteiger partial charge is 0.381 e. The minimum absolute atomic E-state index is 0.111. The molecule has 0 aliphatic rings. The molecular formula is C14H25N3O. The van der Waals surface area contributed by atoms with Crippen molar-refractivity contribution in [2.75, 3.05) is 19.0 Å². The summed E-state index contributed by atoms with van der Waals surface area (Å²) < 4.78 is 5.23. The van der Waals surface area contributed by atoms with Gasteiger partial charge in [-0.2, -0.15) is 0 Å². The van der Waals surface area contributed by atoms with Gasteiger partial charge in [-0.25, -0.2) is 0 Å². The Bertz CT molecular complexity index is 360. The number of aromatic nitrogens is 1. The maximum Gasteiger partial charge on any atom is 0.0715 e. The zero-order chi connectivity index (χ0) is 13.6. The van der Waals surface area contributed by atoms with E-state index in [0.717, 1.165) is 18.8 Å². The first kappa shape index (κ1) is 14.9. The molecule has 18 heavy (non-hydrogen) atoms. The van der Waals surface area contributed by atoms with Crippen molar-refractivity contribution in [1.29, 1.82) is 0 Å². The van der Waals surface area contributed by atoms with Gasteiger partial charge < -0.3 is 15.4 Å². The van der Waals surface area contributed by atoms with E-state index in [2.05, 4.69) is 36.4 Å². The second-order valence-electron chi connectivity index (χ2n) is 5.56. The van der Waals surface area contributed by atoms with Crippen LogP contribution in [-0.2, 0) is 11.3 Å². The molecule has 4 nitrogen and oxygen atoms in total. The summed E-state index contributed by atoms with van der Waals surface area (Å²) in [5.41, 5.74) is 2.40. The molecule has 1 aromatic rings. The Balaban J connectivity index is 2.62. The van der Waals surface area contributed by atoms with Crippen LogP contribution in [0, 0.1) is 0 Å². The van der Waals surface area contributed by atoms with E-state index in [1.54, 1.807) is 7.11 Å². The van der Waals surface area contributed by atoms with Crippen LogP contribution in [0.3, 0.4) is 0 Å². The summed E-state index contributed by atoms with van der Waals surface area (Å²) in [6, 6.07) is 2.04. The minimum atomic E-state index is 0.111. The van der Waals surface area contributed by atoms with E-state index in [0.29, 0.717) is 0 Å². The first-order chi connectivity index (χ1) is 8.42. The van der Waals surface area contributed by atoms with Gasteiger partial charge in [0.25, 0.3) is 0 Å². The molecule has 1 atom stereocenters. The SMILES string of the molecule is COC(C)CNc1cnccc1CNC(C)(C)C. The average Bonchev–Trinajstić information content (AvgIpc) is 2.33. The lowest BCUT2D eigenvalue weighted by molar-refractivity contribution is 0.129. The van der Waals surface area contributed by atoms with Gasteiger partial charge in [-0.05, 0) is 39.3 Å². The molecule has 0 spiro atoms. The molecule has 2 N–H and O–H groups in total. The van der Waals surface area contributed by atoms with Crippen molar-refractivity contribution < 1.29 is 4.74 Å². The second kappa shape index (κ2) is 6.71. The van der Waals surface area contributed by atoms with E-state index >= 15 is 0 Å². The summed E-state index contributed by atoms with van der Waals surface area (Å²) in [6.45, 7) is 10.1. The molecule has 1 unspecified atom stereocenters. The van der Waals surface area contributed by atoms with Crippen LogP contribution in [0.2, 0.25) is 0 Å². The predicted octanol–water partition coefficient (Wildman–Crippen LogP) is 2.42. The Morgan fingerprint density at radius 1 is 1.39 bits per heavy atom. The van der Waals surface area contributed by atoms with Gasteiger partial charge >= 0.3 is 0 Å². The van der Waals surface area contributed by atoms with Crippen molar-refractivity contribution in [3.8, 4) is 0 Å². The number of anilines is 1. The average molecular weight is 251 g/mol. The zero-order valence-corrected chi connectivity index (χ0v) is 12.1. The van der Waals surface area contributed by atoms with Crippen molar-refractivity contribution in [3.63, 3.8) is 0 Å². The maximum atomic E-state index is 5.23. The van der Waals surface area contributed by atoms with Crippen LogP contribution < -0.4 is 10.6 Å². The lowest BCUT2D eigenvalue weighted by Crippen LogP contribution is -2.35. The van der Waals surface area contributed by atoms with E-state index in [1.165, 1.54) is 5.56 Å². The van der Waals surface area contributed by atoms with Crippen molar-refractivity contribution in [2.45, 2.75) is 45.9 Å². The van der Waals surface area contributed by atoms with Crippen molar-refractivity contribution in [1.82, 2.24) is 10.3 Å². The zero-order valence-electron chi connectivity index (χ0n) is 12.1.